The van der Waals surface area contributed by atoms with Crippen molar-refractivity contribution in [3.63, 3.8) is 0 Å². The van der Waals surface area contributed by atoms with E-state index in [4.69, 9.17) is 5.73 Å². The normalized spacial score (nSPS) is 12.8. The molecule has 1 amide bonds. The van der Waals surface area contributed by atoms with Crippen LogP contribution in [0.1, 0.15) is 25.3 Å². The summed E-state index contributed by atoms with van der Waals surface area (Å²) in [5.41, 5.74) is 6.15. The smallest absolute Gasteiger partial charge is 0.422 e. The Morgan fingerprint density at radius 3 is 2.86 bits per heavy atom. The predicted molar refractivity (Wildman–Crippen MR) is 70.5 cm³/mol. The molecule has 1 rings (SSSR count). The van der Waals surface area contributed by atoms with E-state index in [0.29, 0.717) is 18.4 Å². The topological polar surface area (TPSA) is 77.2 Å². The largest absolute Gasteiger partial charge is 0.468 e. The van der Waals surface area contributed by atoms with E-state index in [-0.39, 0.29) is 24.4 Å². The van der Waals surface area contributed by atoms with Crippen LogP contribution in [0.4, 0.5) is 13.2 Å². The summed E-state index contributed by atoms with van der Waals surface area (Å²) in [5.74, 6) is -0.295. The molecule has 1 unspecified atom stereocenters. The number of hydrogen-bond acceptors (Lipinski definition) is 4. The molecule has 0 aliphatic carbocycles. The first-order valence-electron chi connectivity index (χ1n) is 6.43. The molecule has 3 N–H and O–H groups in total. The second kappa shape index (κ2) is 7.82. The van der Waals surface area contributed by atoms with Gasteiger partial charge in [-0.3, -0.25) is 4.79 Å². The number of rotatable bonds is 7. The van der Waals surface area contributed by atoms with Crippen molar-refractivity contribution in [1.82, 2.24) is 10.3 Å². The van der Waals surface area contributed by atoms with Crippen LogP contribution in [0.15, 0.2) is 18.3 Å². The maximum atomic E-state index is 12.0. The molecule has 1 atom stereocenters. The Kier molecular flexibility index (Phi) is 6.41. The molecule has 118 valence electrons. The number of nitrogens with zero attached hydrogens (tertiary/aromatic N) is 1. The molecular weight excluding hydrogens is 287 g/mol. The lowest BCUT2D eigenvalue weighted by Gasteiger charge is -2.10. The molecule has 0 saturated heterocycles. The molecule has 0 bridgehead atoms. The highest BCUT2D eigenvalue weighted by atomic mass is 19.4. The number of hydrogen-bond donors (Lipinski definition) is 2. The van der Waals surface area contributed by atoms with Gasteiger partial charge in [-0.2, -0.15) is 13.2 Å². The number of nitrogens with one attached hydrogen (secondary N) is 1. The van der Waals surface area contributed by atoms with E-state index in [1.54, 1.807) is 13.0 Å². The van der Waals surface area contributed by atoms with Gasteiger partial charge in [0, 0.05) is 31.3 Å². The summed E-state index contributed by atoms with van der Waals surface area (Å²) in [6, 6.07) is 2.89. The molecule has 0 aliphatic heterocycles. The fourth-order valence-electron chi connectivity index (χ4n) is 1.44. The fraction of sp³-hybridized carbons (Fsp3) is 0.538. The van der Waals surface area contributed by atoms with Crippen LogP contribution in [0.2, 0.25) is 0 Å². The third-order valence-corrected chi connectivity index (χ3v) is 2.50. The molecule has 1 aromatic heterocycles. The van der Waals surface area contributed by atoms with Gasteiger partial charge < -0.3 is 15.8 Å². The zero-order valence-corrected chi connectivity index (χ0v) is 11.6. The first-order chi connectivity index (χ1) is 9.76. The van der Waals surface area contributed by atoms with Crippen LogP contribution in [0, 0.1) is 0 Å². The van der Waals surface area contributed by atoms with Gasteiger partial charge in [0.05, 0.1) is 0 Å². The van der Waals surface area contributed by atoms with Gasteiger partial charge >= 0.3 is 6.18 Å². The Balaban J connectivity index is 2.44. The van der Waals surface area contributed by atoms with E-state index >= 15 is 0 Å². The standard InChI is InChI=1S/C13H18F3N3O2/c1-9(17)2-3-11(20)19-7-10-4-5-18-12(6-10)21-8-13(14,15)16/h4-6,9H,2-3,7-8,17H2,1H3,(H,19,20). The number of nitrogens with two attached hydrogens (primary N) is 1. The Labute approximate surface area is 120 Å². The molecule has 0 aliphatic rings. The minimum Gasteiger partial charge on any atom is -0.468 e. The Bertz CT molecular complexity index is 464. The van der Waals surface area contributed by atoms with Gasteiger partial charge in [0.2, 0.25) is 11.8 Å². The van der Waals surface area contributed by atoms with Crippen molar-refractivity contribution >= 4 is 5.91 Å². The van der Waals surface area contributed by atoms with Crippen LogP contribution in [0.25, 0.3) is 0 Å². The zero-order valence-electron chi connectivity index (χ0n) is 11.6. The summed E-state index contributed by atoms with van der Waals surface area (Å²) >= 11 is 0. The van der Waals surface area contributed by atoms with E-state index in [0.717, 1.165) is 0 Å². The second-order valence-corrected chi connectivity index (χ2v) is 4.70. The van der Waals surface area contributed by atoms with Gasteiger partial charge in [-0.1, -0.05) is 0 Å². The highest BCUT2D eigenvalue weighted by Crippen LogP contribution is 2.17. The van der Waals surface area contributed by atoms with Gasteiger partial charge in [-0.05, 0) is 25.0 Å². The summed E-state index contributed by atoms with van der Waals surface area (Å²) in [7, 11) is 0. The van der Waals surface area contributed by atoms with Crippen LogP contribution >= 0.6 is 0 Å². The van der Waals surface area contributed by atoms with Gasteiger partial charge in [0.15, 0.2) is 6.61 Å². The fourth-order valence-corrected chi connectivity index (χ4v) is 1.44. The van der Waals surface area contributed by atoms with Gasteiger partial charge in [0.1, 0.15) is 0 Å². The Hall–Kier alpha value is -1.83. The van der Waals surface area contributed by atoms with E-state index < -0.39 is 12.8 Å². The number of carbonyl (C=O) groups excluding carboxylic acids is 1. The minimum absolute atomic E-state index is 0.0564. The van der Waals surface area contributed by atoms with Crippen molar-refractivity contribution in [2.24, 2.45) is 5.73 Å². The number of amides is 1. The van der Waals surface area contributed by atoms with Crippen molar-refractivity contribution in [1.29, 1.82) is 0 Å². The lowest BCUT2D eigenvalue weighted by atomic mass is 10.2. The van der Waals surface area contributed by atoms with Crippen molar-refractivity contribution in [2.75, 3.05) is 6.61 Å². The highest BCUT2D eigenvalue weighted by Gasteiger charge is 2.28. The third-order valence-electron chi connectivity index (χ3n) is 2.50. The number of alkyl halides is 3. The Morgan fingerprint density at radius 1 is 1.52 bits per heavy atom. The van der Waals surface area contributed by atoms with Crippen molar-refractivity contribution < 1.29 is 22.7 Å². The van der Waals surface area contributed by atoms with Gasteiger partial charge in [0.25, 0.3) is 0 Å². The average Bonchev–Trinajstić information content (AvgIpc) is 2.40. The lowest BCUT2D eigenvalue weighted by molar-refractivity contribution is -0.154. The quantitative estimate of drug-likeness (QED) is 0.805. The maximum Gasteiger partial charge on any atom is 0.422 e. The summed E-state index contributed by atoms with van der Waals surface area (Å²) in [4.78, 5) is 15.2. The highest BCUT2D eigenvalue weighted by molar-refractivity contribution is 5.75. The molecule has 1 aromatic rings. The van der Waals surface area contributed by atoms with Crippen molar-refractivity contribution in [3.8, 4) is 5.88 Å². The number of pyridine rings is 1. The average molecular weight is 305 g/mol. The maximum absolute atomic E-state index is 12.0. The zero-order chi connectivity index (χ0) is 15.9. The molecular formula is C13H18F3N3O2. The van der Waals surface area contributed by atoms with Crippen molar-refractivity contribution in [3.05, 3.63) is 23.9 Å². The molecule has 1 heterocycles. The van der Waals surface area contributed by atoms with E-state index in [1.807, 2.05) is 0 Å². The predicted octanol–water partition coefficient (Wildman–Crippen LogP) is 1.77. The molecule has 0 fully saturated rings. The van der Waals surface area contributed by atoms with Crippen LogP contribution in [0.3, 0.4) is 0 Å². The number of ether oxygens (including phenoxy) is 1. The summed E-state index contributed by atoms with van der Waals surface area (Å²) in [5, 5.41) is 2.65. The third kappa shape index (κ3) is 8.13. The van der Waals surface area contributed by atoms with Gasteiger partial charge in [-0.25, -0.2) is 4.98 Å². The summed E-state index contributed by atoms with van der Waals surface area (Å²) in [6.45, 7) is 0.604. The first-order valence-corrected chi connectivity index (χ1v) is 6.43. The second-order valence-electron chi connectivity index (χ2n) is 4.70. The van der Waals surface area contributed by atoms with E-state index in [1.165, 1.54) is 12.3 Å². The number of halogens is 3. The Morgan fingerprint density at radius 2 is 2.24 bits per heavy atom. The summed E-state index contributed by atoms with van der Waals surface area (Å²) in [6.07, 6.45) is -2.21. The SMILES string of the molecule is CC(N)CCC(=O)NCc1ccnc(OCC(F)(F)F)c1. The first kappa shape index (κ1) is 17.2. The molecule has 5 nitrogen and oxygen atoms in total. The van der Waals surface area contributed by atoms with Gasteiger partial charge in [-0.15, -0.1) is 0 Å². The minimum atomic E-state index is -4.41. The van der Waals surface area contributed by atoms with E-state index in [9.17, 15) is 18.0 Å². The molecule has 0 saturated carbocycles. The van der Waals surface area contributed by atoms with Crippen LogP contribution < -0.4 is 15.8 Å². The molecule has 21 heavy (non-hydrogen) atoms. The van der Waals surface area contributed by atoms with Crippen LogP contribution in [-0.2, 0) is 11.3 Å². The van der Waals surface area contributed by atoms with Crippen LogP contribution in [-0.4, -0.2) is 29.7 Å². The molecule has 8 heteroatoms. The summed E-state index contributed by atoms with van der Waals surface area (Å²) < 4.78 is 40.6. The van der Waals surface area contributed by atoms with E-state index in [2.05, 4.69) is 15.0 Å². The van der Waals surface area contributed by atoms with Crippen molar-refractivity contribution in [2.45, 2.75) is 38.5 Å². The monoisotopic (exact) mass is 305 g/mol. The molecule has 0 radical (unpaired) electrons. The molecule has 0 aromatic carbocycles. The lowest BCUT2D eigenvalue weighted by Crippen LogP contribution is -2.25. The molecule has 0 spiro atoms. The van der Waals surface area contributed by atoms with Crippen LogP contribution in [0.5, 0.6) is 5.88 Å². The number of carbonyl (C=O) groups is 1. The number of aromatic nitrogens is 1.